The lowest BCUT2D eigenvalue weighted by molar-refractivity contribution is 0.598. The fraction of sp³-hybridized carbons (Fsp3) is 0.545. The number of anilines is 1. The van der Waals surface area contributed by atoms with E-state index in [1.807, 2.05) is 11.8 Å². The number of nitrogens with one attached hydrogen (secondary N) is 1. The average molecular weight is 274 g/mol. The summed E-state index contributed by atoms with van der Waals surface area (Å²) in [6.07, 6.45) is 7.11. The predicted octanol–water partition coefficient (Wildman–Crippen LogP) is 2.04. The van der Waals surface area contributed by atoms with E-state index in [0.29, 0.717) is 0 Å². The van der Waals surface area contributed by atoms with Gasteiger partial charge in [-0.05, 0) is 37.0 Å². The van der Waals surface area contributed by atoms with E-state index in [0.717, 1.165) is 24.9 Å². The van der Waals surface area contributed by atoms with E-state index in [9.17, 15) is 8.42 Å². The van der Waals surface area contributed by atoms with Gasteiger partial charge in [0.15, 0.2) is 14.9 Å². The Balaban J connectivity index is 2.41. The van der Waals surface area contributed by atoms with Crippen molar-refractivity contribution in [2.45, 2.75) is 17.9 Å². The zero-order valence-electron chi connectivity index (χ0n) is 10.1. The molecular formula is C11H18N2O2S2. The van der Waals surface area contributed by atoms with Gasteiger partial charge in [-0.25, -0.2) is 13.4 Å². The van der Waals surface area contributed by atoms with Gasteiger partial charge in [-0.15, -0.1) is 0 Å². The summed E-state index contributed by atoms with van der Waals surface area (Å²) in [6.45, 7) is 0.889. The number of nitrogens with zero attached hydrogens (tertiary/aromatic N) is 1. The first-order valence-corrected chi connectivity index (χ1v) is 8.71. The van der Waals surface area contributed by atoms with Crippen molar-refractivity contribution in [1.29, 1.82) is 0 Å². The third-order valence-corrected chi connectivity index (χ3v) is 3.92. The lowest BCUT2D eigenvalue weighted by atomic mass is 10.3. The molecule has 1 heterocycles. The fourth-order valence-electron chi connectivity index (χ4n) is 1.31. The van der Waals surface area contributed by atoms with E-state index >= 15 is 0 Å². The zero-order valence-corrected chi connectivity index (χ0v) is 11.8. The van der Waals surface area contributed by atoms with Crippen LogP contribution in [-0.4, -0.2) is 38.2 Å². The van der Waals surface area contributed by atoms with Crippen molar-refractivity contribution >= 4 is 27.3 Å². The molecule has 6 heteroatoms. The third kappa shape index (κ3) is 5.41. The van der Waals surface area contributed by atoms with E-state index in [1.54, 1.807) is 12.3 Å². The molecule has 0 saturated carbocycles. The molecule has 0 radical (unpaired) electrons. The number of thioether (sulfide) groups is 1. The maximum absolute atomic E-state index is 11.2. The van der Waals surface area contributed by atoms with Crippen LogP contribution in [0.4, 0.5) is 5.69 Å². The minimum atomic E-state index is -3.19. The number of pyridine rings is 1. The van der Waals surface area contributed by atoms with E-state index in [1.165, 1.54) is 18.2 Å². The Morgan fingerprint density at radius 1 is 1.35 bits per heavy atom. The van der Waals surface area contributed by atoms with E-state index in [2.05, 4.69) is 16.6 Å². The zero-order chi connectivity index (χ0) is 12.7. The predicted molar refractivity (Wildman–Crippen MR) is 73.5 cm³/mol. The molecule has 0 aromatic carbocycles. The van der Waals surface area contributed by atoms with E-state index in [4.69, 9.17) is 0 Å². The van der Waals surface area contributed by atoms with Crippen LogP contribution < -0.4 is 5.32 Å². The largest absolute Gasteiger partial charge is 0.384 e. The summed E-state index contributed by atoms with van der Waals surface area (Å²) in [5, 5.41) is 3.33. The molecule has 1 aromatic heterocycles. The van der Waals surface area contributed by atoms with Gasteiger partial charge < -0.3 is 5.32 Å². The van der Waals surface area contributed by atoms with Crippen molar-refractivity contribution in [3.8, 4) is 0 Å². The molecule has 1 aromatic rings. The highest BCUT2D eigenvalue weighted by molar-refractivity contribution is 7.98. The molecule has 17 heavy (non-hydrogen) atoms. The van der Waals surface area contributed by atoms with Gasteiger partial charge in [0.1, 0.15) is 0 Å². The van der Waals surface area contributed by atoms with Crippen LogP contribution in [-0.2, 0) is 9.84 Å². The molecule has 0 aliphatic heterocycles. The smallest absolute Gasteiger partial charge is 0.192 e. The van der Waals surface area contributed by atoms with Crippen molar-refractivity contribution in [3.63, 3.8) is 0 Å². The van der Waals surface area contributed by atoms with Crippen LogP contribution in [0.15, 0.2) is 23.4 Å². The van der Waals surface area contributed by atoms with Gasteiger partial charge in [0, 0.05) is 12.8 Å². The number of hydrogen-bond donors (Lipinski definition) is 1. The second-order valence-electron chi connectivity index (χ2n) is 3.78. The molecule has 1 rings (SSSR count). The average Bonchev–Trinajstić information content (AvgIpc) is 2.28. The molecular weight excluding hydrogens is 256 g/mol. The second kappa shape index (κ2) is 6.86. The highest BCUT2D eigenvalue weighted by Crippen LogP contribution is 2.10. The first-order chi connectivity index (χ1) is 8.04. The van der Waals surface area contributed by atoms with Crippen molar-refractivity contribution < 1.29 is 8.42 Å². The summed E-state index contributed by atoms with van der Waals surface area (Å²) in [5.74, 6) is 1.17. The SMILES string of the molecule is CSCCCCNc1ccc(S(C)(=O)=O)nc1. The Hall–Kier alpha value is -0.750. The van der Waals surface area contributed by atoms with Crippen LogP contribution >= 0.6 is 11.8 Å². The maximum atomic E-state index is 11.2. The van der Waals surface area contributed by atoms with Gasteiger partial charge in [0.2, 0.25) is 0 Å². The summed E-state index contributed by atoms with van der Waals surface area (Å²) in [5.41, 5.74) is 0.863. The number of rotatable bonds is 7. The summed E-state index contributed by atoms with van der Waals surface area (Å²) < 4.78 is 22.4. The summed E-state index contributed by atoms with van der Waals surface area (Å²) in [6, 6.07) is 3.28. The van der Waals surface area contributed by atoms with Crippen molar-refractivity contribution in [1.82, 2.24) is 4.98 Å². The Bertz CT molecular complexity index is 429. The Morgan fingerprint density at radius 3 is 2.65 bits per heavy atom. The van der Waals surface area contributed by atoms with Crippen LogP contribution in [0, 0.1) is 0 Å². The molecule has 0 unspecified atom stereocenters. The van der Waals surface area contributed by atoms with Crippen LogP contribution in [0.1, 0.15) is 12.8 Å². The normalized spacial score (nSPS) is 11.4. The van der Waals surface area contributed by atoms with Gasteiger partial charge in [-0.1, -0.05) is 0 Å². The standard InChI is InChI=1S/C11H18N2O2S2/c1-16-8-4-3-7-12-10-5-6-11(13-9-10)17(2,14)15/h5-6,9,12H,3-4,7-8H2,1-2H3. The van der Waals surface area contributed by atoms with Gasteiger partial charge in [-0.2, -0.15) is 11.8 Å². The summed E-state index contributed by atoms with van der Waals surface area (Å²) >= 11 is 1.85. The molecule has 96 valence electrons. The minimum Gasteiger partial charge on any atom is -0.384 e. The lowest BCUT2D eigenvalue weighted by Crippen LogP contribution is -2.04. The molecule has 0 saturated heterocycles. The highest BCUT2D eigenvalue weighted by Gasteiger charge is 2.07. The summed E-state index contributed by atoms with van der Waals surface area (Å²) in [7, 11) is -3.19. The first-order valence-electron chi connectivity index (χ1n) is 5.43. The van der Waals surface area contributed by atoms with Crippen LogP contribution in [0.3, 0.4) is 0 Å². The lowest BCUT2D eigenvalue weighted by Gasteiger charge is -2.06. The minimum absolute atomic E-state index is 0.116. The van der Waals surface area contributed by atoms with Crippen LogP contribution in [0.5, 0.6) is 0 Å². The second-order valence-corrected chi connectivity index (χ2v) is 6.73. The highest BCUT2D eigenvalue weighted by atomic mass is 32.2. The number of hydrogen-bond acceptors (Lipinski definition) is 5. The Labute approximate surface area is 107 Å². The third-order valence-electron chi connectivity index (χ3n) is 2.22. The Kier molecular flexibility index (Phi) is 5.77. The fourth-order valence-corrected chi connectivity index (χ4v) is 2.36. The molecule has 0 atom stereocenters. The van der Waals surface area contributed by atoms with Gasteiger partial charge in [0.05, 0.1) is 11.9 Å². The number of sulfone groups is 1. The summed E-state index contributed by atoms with van der Waals surface area (Å²) in [4.78, 5) is 3.91. The molecule has 0 aliphatic rings. The van der Waals surface area contributed by atoms with Crippen LogP contribution in [0.25, 0.3) is 0 Å². The molecule has 4 nitrogen and oxygen atoms in total. The number of unbranched alkanes of at least 4 members (excludes halogenated alkanes) is 1. The van der Waals surface area contributed by atoms with E-state index in [-0.39, 0.29) is 5.03 Å². The van der Waals surface area contributed by atoms with E-state index < -0.39 is 9.84 Å². The Morgan fingerprint density at radius 2 is 2.12 bits per heavy atom. The first kappa shape index (κ1) is 14.3. The van der Waals surface area contributed by atoms with Gasteiger partial charge in [-0.3, -0.25) is 0 Å². The van der Waals surface area contributed by atoms with Gasteiger partial charge >= 0.3 is 0 Å². The number of aromatic nitrogens is 1. The van der Waals surface area contributed by atoms with Crippen LogP contribution in [0.2, 0.25) is 0 Å². The molecule has 1 N–H and O–H groups in total. The molecule has 0 aliphatic carbocycles. The van der Waals surface area contributed by atoms with Crippen molar-refractivity contribution in [2.24, 2.45) is 0 Å². The monoisotopic (exact) mass is 274 g/mol. The van der Waals surface area contributed by atoms with Gasteiger partial charge in [0.25, 0.3) is 0 Å². The maximum Gasteiger partial charge on any atom is 0.192 e. The van der Waals surface area contributed by atoms with Crippen molar-refractivity contribution in [3.05, 3.63) is 18.3 Å². The quantitative estimate of drug-likeness (QED) is 0.771. The molecule has 0 spiro atoms. The molecule has 0 fully saturated rings. The molecule has 0 bridgehead atoms. The topological polar surface area (TPSA) is 59.1 Å². The van der Waals surface area contributed by atoms with Crippen molar-refractivity contribution in [2.75, 3.05) is 30.1 Å². The molecule has 0 amide bonds.